The fourth-order valence-corrected chi connectivity index (χ4v) is 6.00. The number of carbonyl (C=O) groups excluding carboxylic acids is 2. The van der Waals surface area contributed by atoms with Gasteiger partial charge in [0.15, 0.2) is 5.78 Å². The Morgan fingerprint density at radius 1 is 1.06 bits per heavy atom. The Bertz CT molecular complexity index is 1110. The van der Waals surface area contributed by atoms with E-state index in [1.807, 2.05) is 13.8 Å². The van der Waals surface area contributed by atoms with Gasteiger partial charge in [0, 0.05) is 22.7 Å². The van der Waals surface area contributed by atoms with E-state index in [1.165, 1.54) is 12.1 Å². The lowest BCUT2D eigenvalue weighted by Crippen LogP contribution is -2.31. The van der Waals surface area contributed by atoms with Crippen LogP contribution in [0.25, 0.3) is 0 Å². The highest BCUT2D eigenvalue weighted by Gasteiger charge is 2.40. The van der Waals surface area contributed by atoms with Crippen LogP contribution in [0.15, 0.2) is 24.3 Å². The zero-order valence-electron chi connectivity index (χ0n) is 21.0. The maximum Gasteiger partial charge on any atom is 0.416 e. The molecule has 1 saturated carbocycles. The number of nitrogens with zero attached hydrogens (tertiary/aromatic N) is 1. The number of hydrogen-bond acceptors (Lipinski definition) is 3. The number of pyridine rings is 1. The Labute approximate surface area is 205 Å². The molecule has 1 fully saturated rings. The Hall–Kier alpha value is -2.50. The number of fused-ring (bicyclic) bond motifs is 1. The first-order valence-corrected chi connectivity index (χ1v) is 12.7. The molecule has 1 atom stereocenters. The molecule has 0 saturated heterocycles. The van der Waals surface area contributed by atoms with Gasteiger partial charge < -0.3 is 4.79 Å². The van der Waals surface area contributed by atoms with Crippen LogP contribution in [0.1, 0.15) is 128 Å². The molecule has 0 bridgehead atoms. The number of carbonyl (C=O) groups is 2. The van der Waals surface area contributed by atoms with Crippen molar-refractivity contribution < 1.29 is 22.8 Å². The molecule has 1 aromatic carbocycles. The molecule has 0 N–H and O–H groups in total. The van der Waals surface area contributed by atoms with E-state index < -0.39 is 11.7 Å². The average Bonchev–Trinajstić information content (AvgIpc) is 2.81. The molecular weight excluding hydrogens is 451 g/mol. The van der Waals surface area contributed by atoms with Crippen LogP contribution in [0, 0.1) is 5.41 Å². The van der Waals surface area contributed by atoms with Gasteiger partial charge >= 0.3 is 6.18 Å². The molecule has 1 unspecified atom stereocenters. The molecule has 3 nitrogen and oxygen atoms in total. The van der Waals surface area contributed by atoms with Crippen molar-refractivity contribution in [2.45, 2.75) is 96.6 Å². The molecule has 1 heterocycles. The third kappa shape index (κ3) is 5.07. The van der Waals surface area contributed by atoms with Gasteiger partial charge in [0.2, 0.25) is 0 Å². The second-order valence-corrected chi connectivity index (χ2v) is 11.3. The Morgan fingerprint density at radius 3 is 2.23 bits per heavy atom. The molecule has 2 aliphatic rings. The second-order valence-electron chi connectivity index (χ2n) is 11.3. The number of aromatic nitrogens is 1. The summed E-state index contributed by atoms with van der Waals surface area (Å²) in [5, 5.41) is 0. The molecular formula is C29H34F3NO2. The van der Waals surface area contributed by atoms with E-state index in [9.17, 15) is 22.8 Å². The van der Waals surface area contributed by atoms with Crippen LogP contribution in [-0.2, 0) is 17.4 Å². The highest BCUT2D eigenvalue weighted by atomic mass is 19.4. The predicted octanol–water partition coefficient (Wildman–Crippen LogP) is 7.76. The Morgan fingerprint density at radius 2 is 1.69 bits per heavy atom. The van der Waals surface area contributed by atoms with Crippen LogP contribution in [0.2, 0.25) is 0 Å². The summed E-state index contributed by atoms with van der Waals surface area (Å²) in [6, 6.07) is 4.45. The van der Waals surface area contributed by atoms with Crippen LogP contribution in [0.4, 0.5) is 13.2 Å². The van der Waals surface area contributed by atoms with E-state index in [1.54, 1.807) is 0 Å². The van der Waals surface area contributed by atoms with Crippen molar-refractivity contribution in [1.29, 1.82) is 0 Å². The van der Waals surface area contributed by atoms with Gasteiger partial charge in [-0.05, 0) is 66.2 Å². The maximum atomic E-state index is 14.0. The van der Waals surface area contributed by atoms with Gasteiger partial charge in [0.05, 0.1) is 11.3 Å². The summed E-state index contributed by atoms with van der Waals surface area (Å²) >= 11 is 0. The number of aldehydes is 1. The molecule has 2 aromatic rings. The number of rotatable bonds is 5. The largest absolute Gasteiger partial charge is 0.416 e. The van der Waals surface area contributed by atoms with Crippen molar-refractivity contribution >= 4 is 12.1 Å². The van der Waals surface area contributed by atoms with Gasteiger partial charge in [-0.15, -0.1) is 0 Å². The second kappa shape index (κ2) is 9.51. The van der Waals surface area contributed by atoms with E-state index in [-0.39, 0.29) is 34.5 Å². The minimum Gasteiger partial charge on any atom is -0.303 e. The van der Waals surface area contributed by atoms with Gasteiger partial charge in [-0.2, -0.15) is 13.2 Å². The third-order valence-electron chi connectivity index (χ3n) is 7.60. The van der Waals surface area contributed by atoms with Gasteiger partial charge in [-0.1, -0.05) is 59.1 Å². The highest BCUT2D eigenvalue weighted by Crippen LogP contribution is 2.48. The van der Waals surface area contributed by atoms with Crippen molar-refractivity contribution in [3.8, 4) is 0 Å². The first-order chi connectivity index (χ1) is 16.4. The molecule has 0 amide bonds. The molecule has 0 spiro atoms. The zero-order chi connectivity index (χ0) is 25.5. The van der Waals surface area contributed by atoms with Gasteiger partial charge in [0.1, 0.15) is 6.29 Å². The molecule has 0 radical (unpaired) electrons. The van der Waals surface area contributed by atoms with E-state index in [4.69, 9.17) is 4.98 Å². The highest BCUT2D eigenvalue weighted by molar-refractivity contribution is 6.11. The van der Waals surface area contributed by atoms with Crippen LogP contribution < -0.4 is 0 Å². The normalized spacial score (nSPS) is 20.5. The van der Waals surface area contributed by atoms with E-state index in [0.29, 0.717) is 17.7 Å². The summed E-state index contributed by atoms with van der Waals surface area (Å²) in [5.41, 5.74) is 3.32. The summed E-state index contributed by atoms with van der Waals surface area (Å²) in [4.78, 5) is 31.3. The smallest absolute Gasteiger partial charge is 0.303 e. The third-order valence-corrected chi connectivity index (χ3v) is 7.60. The summed E-state index contributed by atoms with van der Waals surface area (Å²) in [6.45, 7) is 8.28. The number of benzene rings is 1. The quantitative estimate of drug-likeness (QED) is 0.321. The van der Waals surface area contributed by atoms with Crippen LogP contribution >= 0.6 is 0 Å². The first kappa shape index (κ1) is 25.6. The van der Waals surface area contributed by atoms with Crippen molar-refractivity contribution in [2.24, 2.45) is 5.41 Å². The number of halogens is 3. The molecule has 6 heteroatoms. The molecule has 35 heavy (non-hydrogen) atoms. The molecule has 2 aliphatic carbocycles. The average molecular weight is 486 g/mol. The molecule has 1 aromatic heterocycles. The minimum absolute atomic E-state index is 0.0456. The van der Waals surface area contributed by atoms with Crippen molar-refractivity contribution in [3.63, 3.8) is 0 Å². The maximum absolute atomic E-state index is 14.0. The number of ketones is 1. The zero-order valence-corrected chi connectivity index (χ0v) is 21.0. The number of alkyl halides is 3. The molecule has 188 valence electrons. The van der Waals surface area contributed by atoms with Crippen LogP contribution in [0.3, 0.4) is 0 Å². The summed E-state index contributed by atoms with van der Waals surface area (Å²) in [5.74, 6) is -0.530. The van der Waals surface area contributed by atoms with Crippen LogP contribution in [0.5, 0.6) is 0 Å². The SMILES string of the molecule is CC(C)c1nc2c(c(C3CCCCC3)c1C(=O)c1ccc(C(F)(F)F)cc1)C(C=O)CC(C)(C)C2. The fraction of sp³-hybridized carbons (Fsp3) is 0.552. The van der Waals surface area contributed by atoms with Crippen molar-refractivity contribution in [3.05, 3.63) is 63.5 Å². The lowest BCUT2D eigenvalue weighted by molar-refractivity contribution is -0.137. The van der Waals surface area contributed by atoms with Crippen LogP contribution in [-0.4, -0.2) is 17.1 Å². The number of hydrogen-bond donors (Lipinski definition) is 0. The predicted molar refractivity (Wildman–Crippen MR) is 130 cm³/mol. The van der Waals surface area contributed by atoms with E-state index >= 15 is 0 Å². The van der Waals surface area contributed by atoms with E-state index in [0.717, 1.165) is 73.8 Å². The lowest BCUT2D eigenvalue weighted by atomic mass is 9.66. The summed E-state index contributed by atoms with van der Waals surface area (Å²) < 4.78 is 39.4. The summed E-state index contributed by atoms with van der Waals surface area (Å²) in [7, 11) is 0. The fourth-order valence-electron chi connectivity index (χ4n) is 6.00. The monoisotopic (exact) mass is 485 g/mol. The van der Waals surface area contributed by atoms with E-state index in [2.05, 4.69) is 13.8 Å². The van der Waals surface area contributed by atoms with Gasteiger partial charge in [-0.3, -0.25) is 9.78 Å². The molecule has 0 aliphatic heterocycles. The topological polar surface area (TPSA) is 47.0 Å². The lowest BCUT2D eigenvalue weighted by Gasteiger charge is -2.39. The Balaban J connectivity index is 1.96. The van der Waals surface area contributed by atoms with Crippen molar-refractivity contribution in [2.75, 3.05) is 0 Å². The molecule has 4 rings (SSSR count). The van der Waals surface area contributed by atoms with Crippen molar-refractivity contribution in [1.82, 2.24) is 4.98 Å². The first-order valence-electron chi connectivity index (χ1n) is 12.7. The Kier molecular flexibility index (Phi) is 6.96. The summed E-state index contributed by atoms with van der Waals surface area (Å²) in [6.07, 6.45) is 3.11. The van der Waals surface area contributed by atoms with Gasteiger partial charge in [-0.25, -0.2) is 0 Å². The minimum atomic E-state index is -4.46. The van der Waals surface area contributed by atoms with Gasteiger partial charge in [0.25, 0.3) is 0 Å². The standard InChI is InChI=1S/C29H34F3NO2/c1-17(2)26-25(27(35)19-10-12-21(13-11-19)29(30,31)32)24(18-8-6-5-7-9-18)23-20(16-34)14-28(3,4)15-22(23)33-26/h10-13,16-18,20H,5-9,14-15H2,1-4H3.